The second-order valence-corrected chi connectivity index (χ2v) is 6.92. The van der Waals surface area contributed by atoms with Gasteiger partial charge in [-0.2, -0.15) is 0 Å². The Morgan fingerprint density at radius 1 is 1.11 bits per heavy atom. The molecule has 2 fully saturated rings. The Bertz CT molecular complexity index is 471. The molecule has 1 N–H and O–H groups in total. The lowest BCUT2D eigenvalue weighted by molar-refractivity contribution is 0.335. The van der Waals surface area contributed by atoms with Crippen LogP contribution < -0.4 is 5.32 Å². The number of aromatic nitrogens is 2. The maximum Gasteiger partial charge on any atom is 0.144 e. The molecular formula is C15H22BrN3. The van der Waals surface area contributed by atoms with E-state index in [0.717, 1.165) is 22.0 Å². The first kappa shape index (κ1) is 13.3. The average molecular weight is 324 g/mol. The summed E-state index contributed by atoms with van der Waals surface area (Å²) in [5.74, 6) is 4.06. The van der Waals surface area contributed by atoms with Crippen LogP contribution in [0.25, 0.3) is 0 Å². The molecule has 3 rings (SSSR count). The summed E-state index contributed by atoms with van der Waals surface area (Å²) in [6.07, 6.45) is 7.73. The van der Waals surface area contributed by atoms with Crippen molar-refractivity contribution in [2.24, 2.45) is 5.92 Å². The number of hydrogen-bond donors (Lipinski definition) is 1. The van der Waals surface area contributed by atoms with Crippen LogP contribution in [-0.2, 0) is 0 Å². The second-order valence-electron chi connectivity index (χ2n) is 6.12. The lowest BCUT2D eigenvalue weighted by atomic mass is 9.82. The van der Waals surface area contributed by atoms with E-state index in [1.807, 2.05) is 7.05 Å². The molecule has 0 amide bonds. The average Bonchev–Trinajstić information content (AvgIpc) is 3.23. The zero-order valence-electron chi connectivity index (χ0n) is 11.7. The Balaban J connectivity index is 1.94. The molecule has 0 spiro atoms. The van der Waals surface area contributed by atoms with E-state index in [9.17, 15) is 0 Å². The molecule has 2 saturated carbocycles. The minimum atomic E-state index is 0.557. The van der Waals surface area contributed by atoms with E-state index < -0.39 is 0 Å². The van der Waals surface area contributed by atoms with Crippen molar-refractivity contribution in [3.05, 3.63) is 16.0 Å². The smallest absolute Gasteiger partial charge is 0.144 e. The summed E-state index contributed by atoms with van der Waals surface area (Å²) in [5, 5.41) is 3.21. The van der Waals surface area contributed by atoms with Crippen LogP contribution in [0.2, 0.25) is 0 Å². The van der Waals surface area contributed by atoms with Gasteiger partial charge in [-0.25, -0.2) is 9.97 Å². The van der Waals surface area contributed by atoms with Crippen LogP contribution in [0.3, 0.4) is 0 Å². The molecule has 3 nitrogen and oxygen atoms in total. The lowest BCUT2D eigenvalue weighted by Gasteiger charge is -2.26. The van der Waals surface area contributed by atoms with E-state index in [4.69, 9.17) is 9.97 Å². The van der Waals surface area contributed by atoms with Crippen molar-refractivity contribution in [2.45, 2.75) is 57.3 Å². The summed E-state index contributed by atoms with van der Waals surface area (Å²) >= 11 is 3.66. The first-order valence-corrected chi connectivity index (χ1v) is 8.23. The SMILES string of the molecule is CNc1nc(C2CCCC(C)C2)nc(C2CC2)c1Br. The zero-order chi connectivity index (χ0) is 13.4. The summed E-state index contributed by atoms with van der Waals surface area (Å²) < 4.78 is 1.07. The Hall–Kier alpha value is -0.640. The van der Waals surface area contributed by atoms with Gasteiger partial charge in [0.15, 0.2) is 0 Å². The molecule has 0 aliphatic heterocycles. The van der Waals surface area contributed by atoms with Gasteiger partial charge in [0.25, 0.3) is 0 Å². The van der Waals surface area contributed by atoms with Crippen molar-refractivity contribution in [3.8, 4) is 0 Å². The third kappa shape index (κ3) is 2.78. The zero-order valence-corrected chi connectivity index (χ0v) is 13.3. The summed E-state index contributed by atoms with van der Waals surface area (Å²) in [6, 6.07) is 0. The van der Waals surface area contributed by atoms with Gasteiger partial charge in [-0.15, -0.1) is 0 Å². The third-order valence-electron chi connectivity index (χ3n) is 4.40. The predicted molar refractivity (Wildman–Crippen MR) is 81.6 cm³/mol. The van der Waals surface area contributed by atoms with Crippen molar-refractivity contribution < 1.29 is 0 Å². The highest BCUT2D eigenvalue weighted by atomic mass is 79.9. The molecule has 2 unspecified atom stereocenters. The number of nitrogens with zero attached hydrogens (tertiary/aromatic N) is 2. The standard InChI is InChI=1S/C15H22BrN3/c1-9-4-3-5-11(8-9)14-18-13(10-6-7-10)12(16)15(17-2)19-14/h9-11H,3-8H2,1-2H3,(H,17,18,19). The quantitative estimate of drug-likeness (QED) is 0.892. The van der Waals surface area contributed by atoms with Gasteiger partial charge in [0.05, 0.1) is 10.2 Å². The Kier molecular flexibility index (Phi) is 3.79. The van der Waals surface area contributed by atoms with Crippen LogP contribution in [-0.4, -0.2) is 17.0 Å². The number of nitrogens with one attached hydrogen (secondary N) is 1. The second kappa shape index (κ2) is 5.39. The Labute approximate surface area is 123 Å². The Morgan fingerprint density at radius 3 is 2.53 bits per heavy atom. The molecule has 0 saturated heterocycles. The number of halogens is 1. The van der Waals surface area contributed by atoms with Crippen molar-refractivity contribution in [3.63, 3.8) is 0 Å². The fourth-order valence-electron chi connectivity index (χ4n) is 3.13. The fourth-order valence-corrected chi connectivity index (χ4v) is 3.83. The molecule has 1 aromatic heterocycles. The van der Waals surface area contributed by atoms with E-state index in [2.05, 4.69) is 28.2 Å². The lowest BCUT2D eigenvalue weighted by Crippen LogP contribution is -2.16. The van der Waals surface area contributed by atoms with Crippen LogP contribution in [0.1, 0.15) is 68.8 Å². The normalized spacial score (nSPS) is 27.3. The molecule has 0 bridgehead atoms. The summed E-state index contributed by atoms with van der Waals surface area (Å²) in [7, 11) is 1.94. The maximum absolute atomic E-state index is 4.90. The van der Waals surface area contributed by atoms with Gasteiger partial charge >= 0.3 is 0 Å². The molecule has 2 aliphatic carbocycles. The van der Waals surface area contributed by atoms with Crippen LogP contribution >= 0.6 is 15.9 Å². The van der Waals surface area contributed by atoms with Gasteiger partial charge in [-0.3, -0.25) is 0 Å². The minimum absolute atomic E-state index is 0.557. The highest BCUT2D eigenvalue weighted by Gasteiger charge is 2.31. The van der Waals surface area contributed by atoms with Gasteiger partial charge in [0.2, 0.25) is 0 Å². The fraction of sp³-hybridized carbons (Fsp3) is 0.733. The molecule has 104 valence electrons. The molecule has 19 heavy (non-hydrogen) atoms. The largest absolute Gasteiger partial charge is 0.372 e. The number of rotatable bonds is 3. The summed E-state index contributed by atoms with van der Waals surface area (Å²) in [5.41, 5.74) is 1.23. The van der Waals surface area contributed by atoms with E-state index in [1.165, 1.54) is 44.2 Å². The summed E-state index contributed by atoms with van der Waals surface area (Å²) in [4.78, 5) is 9.65. The molecular weight excluding hydrogens is 302 g/mol. The van der Waals surface area contributed by atoms with Crippen LogP contribution in [0.5, 0.6) is 0 Å². The first-order valence-electron chi connectivity index (χ1n) is 7.44. The maximum atomic E-state index is 4.90. The minimum Gasteiger partial charge on any atom is -0.372 e. The highest BCUT2D eigenvalue weighted by Crippen LogP contribution is 2.45. The van der Waals surface area contributed by atoms with Crippen molar-refractivity contribution >= 4 is 21.7 Å². The van der Waals surface area contributed by atoms with E-state index in [-0.39, 0.29) is 0 Å². The molecule has 1 heterocycles. The molecule has 1 aromatic rings. The van der Waals surface area contributed by atoms with Gasteiger partial charge in [-0.1, -0.05) is 19.8 Å². The van der Waals surface area contributed by atoms with Crippen LogP contribution in [0.4, 0.5) is 5.82 Å². The molecule has 4 heteroatoms. The van der Waals surface area contributed by atoms with Crippen LogP contribution in [0, 0.1) is 5.92 Å². The van der Waals surface area contributed by atoms with E-state index in [0.29, 0.717) is 11.8 Å². The van der Waals surface area contributed by atoms with E-state index in [1.54, 1.807) is 0 Å². The highest BCUT2D eigenvalue weighted by molar-refractivity contribution is 9.10. The van der Waals surface area contributed by atoms with Crippen molar-refractivity contribution in [2.75, 3.05) is 12.4 Å². The van der Waals surface area contributed by atoms with Gasteiger partial charge < -0.3 is 5.32 Å². The molecule has 2 aliphatic rings. The Morgan fingerprint density at radius 2 is 1.89 bits per heavy atom. The predicted octanol–water partition coefficient (Wildman–Crippen LogP) is 4.45. The van der Waals surface area contributed by atoms with Gasteiger partial charge in [-0.05, 0) is 47.5 Å². The molecule has 2 atom stereocenters. The summed E-state index contributed by atoms with van der Waals surface area (Å²) in [6.45, 7) is 2.35. The topological polar surface area (TPSA) is 37.8 Å². The van der Waals surface area contributed by atoms with Crippen molar-refractivity contribution in [1.29, 1.82) is 0 Å². The monoisotopic (exact) mass is 323 g/mol. The first-order chi connectivity index (χ1) is 9.19. The van der Waals surface area contributed by atoms with Crippen LogP contribution in [0.15, 0.2) is 4.47 Å². The van der Waals surface area contributed by atoms with E-state index >= 15 is 0 Å². The van der Waals surface area contributed by atoms with Gasteiger partial charge in [0.1, 0.15) is 11.6 Å². The molecule has 0 radical (unpaired) electrons. The number of hydrogen-bond acceptors (Lipinski definition) is 3. The van der Waals surface area contributed by atoms with Crippen molar-refractivity contribution in [1.82, 2.24) is 9.97 Å². The van der Waals surface area contributed by atoms with Gasteiger partial charge in [0, 0.05) is 18.9 Å². The molecule has 0 aromatic carbocycles. The number of anilines is 1. The third-order valence-corrected chi connectivity index (χ3v) is 5.18.